The van der Waals surface area contributed by atoms with Gasteiger partial charge in [0.05, 0.1) is 29.2 Å². The lowest BCUT2D eigenvalue weighted by molar-refractivity contribution is -0.0400. The number of ether oxygens (including phenoxy) is 1. The zero-order valence-corrected chi connectivity index (χ0v) is 12.3. The second kappa shape index (κ2) is 6.15. The summed E-state index contributed by atoms with van der Waals surface area (Å²) in [6, 6.07) is 9.59. The van der Waals surface area contributed by atoms with Crippen LogP contribution in [0, 0.1) is 0 Å². The number of nitrogens with zero attached hydrogens (tertiary/aromatic N) is 3. The highest BCUT2D eigenvalue weighted by Crippen LogP contribution is 2.33. The van der Waals surface area contributed by atoms with Crippen LogP contribution in [-0.4, -0.2) is 27.7 Å². The summed E-state index contributed by atoms with van der Waals surface area (Å²) < 4.78 is 7.50. The van der Waals surface area contributed by atoms with Gasteiger partial charge in [0.25, 0.3) is 0 Å². The Labute approximate surface area is 119 Å². The molecule has 2 aromatic rings. The zero-order valence-electron chi connectivity index (χ0n) is 12.3. The molecule has 0 radical (unpaired) electrons. The van der Waals surface area contributed by atoms with Crippen molar-refractivity contribution < 1.29 is 4.74 Å². The van der Waals surface area contributed by atoms with Gasteiger partial charge in [0, 0.05) is 7.11 Å². The van der Waals surface area contributed by atoms with Gasteiger partial charge in [-0.05, 0) is 25.0 Å². The Kier molecular flexibility index (Phi) is 4.52. The maximum Gasteiger partial charge on any atom is 0.0881 e. The molecule has 5 heteroatoms. The van der Waals surface area contributed by atoms with Crippen molar-refractivity contribution in [3.8, 4) is 5.69 Å². The van der Waals surface area contributed by atoms with Crippen molar-refractivity contribution in [2.24, 2.45) is 5.73 Å². The van der Waals surface area contributed by atoms with E-state index in [-0.39, 0.29) is 6.04 Å². The SMILES string of the molecule is CCC(CC)(OC)C(N)c1cnnn1-c1ccccc1. The van der Waals surface area contributed by atoms with Crippen LogP contribution in [0.2, 0.25) is 0 Å². The van der Waals surface area contributed by atoms with Crippen LogP contribution in [0.15, 0.2) is 36.5 Å². The third-order valence-corrected chi connectivity index (χ3v) is 4.07. The quantitative estimate of drug-likeness (QED) is 0.878. The van der Waals surface area contributed by atoms with Gasteiger partial charge >= 0.3 is 0 Å². The summed E-state index contributed by atoms with van der Waals surface area (Å²) in [4.78, 5) is 0. The van der Waals surface area contributed by atoms with Gasteiger partial charge in [0.15, 0.2) is 0 Å². The number of hydrogen-bond acceptors (Lipinski definition) is 4. The topological polar surface area (TPSA) is 66.0 Å². The van der Waals surface area contributed by atoms with E-state index in [0.717, 1.165) is 24.2 Å². The van der Waals surface area contributed by atoms with E-state index in [1.807, 2.05) is 30.3 Å². The number of rotatable bonds is 6. The van der Waals surface area contributed by atoms with Crippen molar-refractivity contribution in [2.75, 3.05) is 7.11 Å². The van der Waals surface area contributed by atoms with Crippen molar-refractivity contribution in [2.45, 2.75) is 38.3 Å². The van der Waals surface area contributed by atoms with Crippen LogP contribution in [0.1, 0.15) is 38.4 Å². The monoisotopic (exact) mass is 274 g/mol. The number of hydrogen-bond donors (Lipinski definition) is 1. The summed E-state index contributed by atoms with van der Waals surface area (Å²) >= 11 is 0. The predicted octanol–water partition coefficient (Wildman–Crippen LogP) is 2.47. The molecule has 1 heterocycles. The minimum absolute atomic E-state index is 0.280. The molecule has 0 fully saturated rings. The molecule has 2 rings (SSSR count). The van der Waals surface area contributed by atoms with E-state index in [1.165, 1.54) is 0 Å². The van der Waals surface area contributed by atoms with Gasteiger partial charge in [-0.3, -0.25) is 0 Å². The fourth-order valence-electron chi connectivity index (χ4n) is 2.60. The predicted molar refractivity (Wildman–Crippen MR) is 78.6 cm³/mol. The standard InChI is InChI=1S/C15H22N4O/c1-4-15(5-2,20-3)14(16)13-11-17-18-19(13)12-9-7-6-8-10-12/h6-11,14H,4-5,16H2,1-3H3. The minimum atomic E-state index is -0.395. The van der Waals surface area contributed by atoms with E-state index in [2.05, 4.69) is 24.2 Å². The number of para-hydroxylation sites is 1. The van der Waals surface area contributed by atoms with Crippen LogP contribution in [0.25, 0.3) is 5.69 Å². The largest absolute Gasteiger partial charge is 0.376 e. The number of benzene rings is 1. The first kappa shape index (κ1) is 14.7. The van der Waals surface area contributed by atoms with Crippen molar-refractivity contribution in [3.63, 3.8) is 0 Å². The van der Waals surface area contributed by atoms with Gasteiger partial charge in [-0.1, -0.05) is 37.3 Å². The Balaban J connectivity index is 2.42. The molecule has 108 valence electrons. The van der Waals surface area contributed by atoms with Gasteiger partial charge in [-0.2, -0.15) is 0 Å². The molecule has 1 unspecified atom stereocenters. The maximum atomic E-state index is 6.46. The molecule has 0 aliphatic heterocycles. The first-order chi connectivity index (χ1) is 9.68. The number of aromatic nitrogens is 3. The Morgan fingerprint density at radius 1 is 1.25 bits per heavy atom. The van der Waals surface area contributed by atoms with E-state index in [9.17, 15) is 0 Å². The van der Waals surface area contributed by atoms with Gasteiger partial charge < -0.3 is 10.5 Å². The molecule has 2 N–H and O–H groups in total. The molecular formula is C15H22N4O. The smallest absolute Gasteiger partial charge is 0.0881 e. The fraction of sp³-hybridized carbons (Fsp3) is 0.467. The van der Waals surface area contributed by atoms with E-state index >= 15 is 0 Å². The highest BCUT2D eigenvalue weighted by Gasteiger charge is 2.36. The van der Waals surface area contributed by atoms with Gasteiger partial charge in [0.2, 0.25) is 0 Å². The molecule has 1 aromatic carbocycles. The molecule has 0 bridgehead atoms. The molecule has 0 aliphatic rings. The third-order valence-electron chi connectivity index (χ3n) is 4.07. The van der Waals surface area contributed by atoms with Gasteiger partial charge in [0.1, 0.15) is 0 Å². The Hall–Kier alpha value is -1.72. The van der Waals surface area contributed by atoms with Crippen molar-refractivity contribution in [1.29, 1.82) is 0 Å². The second-order valence-corrected chi connectivity index (χ2v) is 4.86. The highest BCUT2D eigenvalue weighted by atomic mass is 16.5. The lowest BCUT2D eigenvalue weighted by Gasteiger charge is -2.36. The summed E-state index contributed by atoms with van der Waals surface area (Å²) in [6.07, 6.45) is 3.39. The van der Waals surface area contributed by atoms with Crippen LogP contribution in [0.3, 0.4) is 0 Å². The molecule has 0 saturated carbocycles. The van der Waals surface area contributed by atoms with Crippen LogP contribution >= 0.6 is 0 Å². The van der Waals surface area contributed by atoms with Crippen LogP contribution < -0.4 is 5.73 Å². The van der Waals surface area contributed by atoms with Crippen LogP contribution in [-0.2, 0) is 4.74 Å². The fourth-order valence-corrected chi connectivity index (χ4v) is 2.60. The van der Waals surface area contributed by atoms with Crippen LogP contribution in [0.5, 0.6) is 0 Å². The molecule has 0 spiro atoms. The number of methoxy groups -OCH3 is 1. The Morgan fingerprint density at radius 2 is 1.90 bits per heavy atom. The highest BCUT2D eigenvalue weighted by molar-refractivity contribution is 5.32. The third kappa shape index (κ3) is 2.46. The number of nitrogens with two attached hydrogens (primary N) is 1. The summed E-state index contributed by atoms with van der Waals surface area (Å²) in [6.45, 7) is 4.17. The van der Waals surface area contributed by atoms with E-state index in [1.54, 1.807) is 18.0 Å². The molecule has 0 amide bonds. The molecule has 0 saturated heterocycles. The van der Waals surface area contributed by atoms with Gasteiger partial charge in [-0.25, -0.2) is 4.68 Å². The first-order valence-corrected chi connectivity index (χ1v) is 6.95. The summed E-state index contributed by atoms with van der Waals surface area (Å²) in [7, 11) is 1.71. The normalized spacial score (nSPS) is 13.4. The second-order valence-electron chi connectivity index (χ2n) is 4.86. The average molecular weight is 274 g/mol. The molecular weight excluding hydrogens is 252 g/mol. The maximum absolute atomic E-state index is 6.46. The molecule has 20 heavy (non-hydrogen) atoms. The average Bonchev–Trinajstić information content (AvgIpc) is 2.99. The zero-order chi connectivity index (χ0) is 14.6. The van der Waals surface area contributed by atoms with Crippen molar-refractivity contribution >= 4 is 0 Å². The molecule has 5 nitrogen and oxygen atoms in total. The Morgan fingerprint density at radius 3 is 2.45 bits per heavy atom. The van der Waals surface area contributed by atoms with E-state index in [4.69, 9.17) is 10.5 Å². The molecule has 1 aromatic heterocycles. The van der Waals surface area contributed by atoms with Crippen molar-refractivity contribution in [3.05, 3.63) is 42.2 Å². The van der Waals surface area contributed by atoms with Crippen molar-refractivity contribution in [1.82, 2.24) is 15.0 Å². The summed E-state index contributed by atoms with van der Waals surface area (Å²) in [5.41, 5.74) is 7.88. The van der Waals surface area contributed by atoms with Crippen LogP contribution in [0.4, 0.5) is 0 Å². The molecule has 0 aliphatic carbocycles. The van der Waals surface area contributed by atoms with Gasteiger partial charge in [-0.15, -0.1) is 5.10 Å². The summed E-state index contributed by atoms with van der Waals surface area (Å²) in [5, 5.41) is 8.17. The van der Waals surface area contributed by atoms with E-state index in [0.29, 0.717) is 0 Å². The summed E-state index contributed by atoms with van der Waals surface area (Å²) in [5.74, 6) is 0. The first-order valence-electron chi connectivity index (χ1n) is 6.95. The minimum Gasteiger partial charge on any atom is -0.376 e. The Bertz CT molecular complexity index is 526. The lowest BCUT2D eigenvalue weighted by Crippen LogP contribution is -2.43. The molecule has 1 atom stereocenters. The van der Waals surface area contributed by atoms with E-state index < -0.39 is 5.60 Å². The lowest BCUT2D eigenvalue weighted by atomic mass is 9.87.